The molecule has 2 unspecified atom stereocenters. The third kappa shape index (κ3) is 5.10. The number of nitrogens with zero attached hydrogens (tertiary/aromatic N) is 3. The summed E-state index contributed by atoms with van der Waals surface area (Å²) in [5.41, 5.74) is 0.369. The molecular weight excluding hydrogens is 487 g/mol. The van der Waals surface area contributed by atoms with E-state index in [-0.39, 0.29) is 17.9 Å². The Morgan fingerprint density at radius 2 is 1.78 bits per heavy atom. The van der Waals surface area contributed by atoms with Gasteiger partial charge in [0.1, 0.15) is 36.2 Å². The molecule has 0 bridgehead atoms. The molecule has 36 heavy (non-hydrogen) atoms. The normalized spacial score (nSPS) is 25.0. The molecule has 4 rings (SSSR count). The summed E-state index contributed by atoms with van der Waals surface area (Å²) in [6.07, 6.45) is -6.77. The van der Waals surface area contributed by atoms with E-state index < -0.39 is 66.6 Å². The van der Waals surface area contributed by atoms with Gasteiger partial charge < -0.3 is 29.9 Å². The van der Waals surface area contributed by atoms with Gasteiger partial charge in [0.2, 0.25) is 0 Å². The largest absolute Gasteiger partial charge is 0.479 e. The van der Waals surface area contributed by atoms with Crippen LogP contribution in [0.5, 0.6) is 0 Å². The van der Waals surface area contributed by atoms with Gasteiger partial charge in [0.15, 0.2) is 23.6 Å². The van der Waals surface area contributed by atoms with Crippen molar-refractivity contribution >= 4 is 5.97 Å². The molecule has 192 valence electrons. The minimum absolute atomic E-state index is 0.120. The Balaban J connectivity index is 1.62. The minimum Gasteiger partial charge on any atom is -0.479 e. The second-order valence-electron chi connectivity index (χ2n) is 8.19. The molecule has 0 radical (unpaired) electrons. The van der Waals surface area contributed by atoms with E-state index in [0.717, 1.165) is 10.9 Å². The first-order chi connectivity index (χ1) is 17.2. The Morgan fingerprint density at radius 1 is 1.11 bits per heavy atom. The molecule has 13 heteroatoms. The molecule has 1 aromatic heterocycles. The molecule has 1 fully saturated rings. The average Bonchev–Trinajstić information content (AvgIpc) is 3.34. The van der Waals surface area contributed by atoms with Crippen molar-refractivity contribution in [3.63, 3.8) is 0 Å². The van der Waals surface area contributed by atoms with Crippen molar-refractivity contribution < 1.29 is 47.9 Å². The van der Waals surface area contributed by atoms with Crippen LogP contribution >= 0.6 is 0 Å². The molecule has 0 aliphatic carbocycles. The number of ether oxygens (including phenoxy) is 2. The predicted octanol–water partition coefficient (Wildman–Crippen LogP) is 1.05. The molecule has 0 amide bonds. The van der Waals surface area contributed by atoms with Crippen LogP contribution in [0, 0.1) is 17.5 Å². The number of carbonyl (C=O) groups is 1. The van der Waals surface area contributed by atoms with Gasteiger partial charge in [-0.25, -0.2) is 22.6 Å². The third-order valence-corrected chi connectivity index (χ3v) is 5.84. The van der Waals surface area contributed by atoms with Crippen LogP contribution in [0.4, 0.5) is 13.2 Å². The summed E-state index contributed by atoms with van der Waals surface area (Å²) < 4.78 is 52.6. The fraction of sp³-hybridized carbons (Fsp3) is 0.348. The van der Waals surface area contributed by atoms with Gasteiger partial charge in [-0.1, -0.05) is 35.5 Å². The lowest BCUT2D eigenvalue weighted by Crippen LogP contribution is -2.60. The maximum atomic E-state index is 13.7. The van der Waals surface area contributed by atoms with Gasteiger partial charge in [0, 0.05) is 5.56 Å². The van der Waals surface area contributed by atoms with Crippen LogP contribution in [0.1, 0.15) is 11.6 Å². The highest BCUT2D eigenvalue weighted by molar-refractivity contribution is 5.73. The van der Waals surface area contributed by atoms with E-state index in [4.69, 9.17) is 9.47 Å². The summed E-state index contributed by atoms with van der Waals surface area (Å²) in [5, 5.41) is 48.7. The zero-order chi connectivity index (χ0) is 26.0. The molecule has 6 atom stereocenters. The van der Waals surface area contributed by atoms with Crippen molar-refractivity contribution in [3.05, 3.63) is 71.7 Å². The highest BCUT2D eigenvalue weighted by atomic mass is 19.2. The molecule has 3 aromatic rings. The second kappa shape index (κ2) is 10.7. The Bertz CT molecular complexity index is 1190. The highest BCUT2D eigenvalue weighted by Crippen LogP contribution is 2.33. The van der Waals surface area contributed by atoms with Crippen molar-refractivity contribution in [1.82, 2.24) is 15.0 Å². The SMILES string of the molecule is O=C(O)[C@@H](OCc1ccccc1)[C@@H]1OC(CO)[C@H](O)[C@H](n2cc(-c3cc(F)c(F)c(F)c3)nn2)C1O. The number of aliphatic hydroxyl groups is 3. The number of halogens is 3. The van der Waals surface area contributed by atoms with Crippen molar-refractivity contribution in [2.75, 3.05) is 6.61 Å². The molecule has 0 saturated carbocycles. The van der Waals surface area contributed by atoms with Crippen molar-refractivity contribution in [1.29, 1.82) is 0 Å². The molecule has 4 N–H and O–H groups in total. The maximum absolute atomic E-state index is 13.7. The van der Waals surface area contributed by atoms with Gasteiger partial charge in [-0.15, -0.1) is 5.10 Å². The number of aromatic nitrogens is 3. The zero-order valence-corrected chi connectivity index (χ0v) is 18.5. The minimum atomic E-state index is -1.73. The van der Waals surface area contributed by atoms with E-state index in [1.54, 1.807) is 30.3 Å². The van der Waals surface area contributed by atoms with Crippen LogP contribution in [-0.2, 0) is 20.9 Å². The predicted molar refractivity (Wildman–Crippen MR) is 115 cm³/mol. The van der Waals surface area contributed by atoms with E-state index in [0.29, 0.717) is 17.7 Å². The molecule has 1 aliphatic heterocycles. The number of benzene rings is 2. The summed E-state index contributed by atoms with van der Waals surface area (Å²) in [6, 6.07) is 8.65. The Hall–Kier alpha value is -3.36. The summed E-state index contributed by atoms with van der Waals surface area (Å²) in [6.45, 7) is -0.863. The Labute approximate surface area is 202 Å². The summed E-state index contributed by atoms with van der Waals surface area (Å²) in [4.78, 5) is 12.0. The molecule has 10 nitrogen and oxygen atoms in total. The molecule has 1 aliphatic rings. The number of rotatable bonds is 8. The maximum Gasteiger partial charge on any atom is 0.335 e. The molecule has 1 saturated heterocycles. The molecule has 2 aromatic carbocycles. The van der Waals surface area contributed by atoms with Gasteiger partial charge in [-0.2, -0.15) is 0 Å². The number of carboxylic acids is 1. The smallest absolute Gasteiger partial charge is 0.335 e. The van der Waals surface area contributed by atoms with Gasteiger partial charge >= 0.3 is 5.97 Å². The number of aliphatic hydroxyl groups excluding tert-OH is 3. The van der Waals surface area contributed by atoms with Gasteiger partial charge in [-0.05, 0) is 17.7 Å². The topological polar surface area (TPSA) is 147 Å². The Morgan fingerprint density at radius 3 is 2.39 bits per heavy atom. The number of aliphatic carboxylic acids is 1. The fourth-order valence-electron chi connectivity index (χ4n) is 4.02. The summed E-state index contributed by atoms with van der Waals surface area (Å²) in [5.74, 6) is -6.03. The lowest BCUT2D eigenvalue weighted by molar-refractivity contribution is -0.238. The third-order valence-electron chi connectivity index (χ3n) is 5.84. The van der Waals surface area contributed by atoms with Crippen LogP contribution in [0.15, 0.2) is 48.7 Å². The first-order valence-corrected chi connectivity index (χ1v) is 10.8. The van der Waals surface area contributed by atoms with Crippen molar-refractivity contribution in [2.24, 2.45) is 0 Å². The van der Waals surface area contributed by atoms with Crippen LogP contribution in [0.25, 0.3) is 11.3 Å². The first kappa shape index (κ1) is 25.7. The fourth-order valence-corrected chi connectivity index (χ4v) is 4.02. The highest BCUT2D eigenvalue weighted by Gasteiger charge is 2.50. The standard InChI is InChI=1S/C23H22F3N3O7/c24-13-6-12(7-14(25)17(13)26)15-8-29(28-27-15)18-19(31)16(9-30)36-21(20(18)32)22(23(33)34)35-10-11-4-2-1-3-5-11/h1-8,16,18-22,30-32H,9-10H2,(H,33,34)/t16?,18-,19-,20?,21+,22-/m0/s1. The van der Waals surface area contributed by atoms with Crippen molar-refractivity contribution in [2.45, 2.75) is 43.2 Å². The zero-order valence-electron chi connectivity index (χ0n) is 18.5. The average molecular weight is 509 g/mol. The number of hydrogen-bond donors (Lipinski definition) is 4. The van der Waals surface area contributed by atoms with Gasteiger partial charge in [0.25, 0.3) is 0 Å². The summed E-state index contributed by atoms with van der Waals surface area (Å²) in [7, 11) is 0. The molecular formula is C23H22F3N3O7. The Kier molecular flexibility index (Phi) is 7.66. The van der Waals surface area contributed by atoms with E-state index >= 15 is 0 Å². The van der Waals surface area contributed by atoms with E-state index in [1.165, 1.54) is 0 Å². The van der Waals surface area contributed by atoms with Crippen molar-refractivity contribution in [3.8, 4) is 11.3 Å². The van der Waals surface area contributed by atoms with Gasteiger partial charge in [-0.3, -0.25) is 0 Å². The van der Waals surface area contributed by atoms with E-state index in [2.05, 4.69) is 10.3 Å². The number of hydrogen-bond acceptors (Lipinski definition) is 8. The lowest BCUT2D eigenvalue weighted by atomic mass is 9.90. The monoisotopic (exact) mass is 509 g/mol. The van der Waals surface area contributed by atoms with Crippen LogP contribution in [0.3, 0.4) is 0 Å². The lowest BCUT2D eigenvalue weighted by Gasteiger charge is -2.43. The van der Waals surface area contributed by atoms with Crippen LogP contribution in [-0.4, -0.2) is 78.5 Å². The quantitative estimate of drug-likeness (QED) is 0.327. The first-order valence-electron chi connectivity index (χ1n) is 10.8. The number of carboxylic acid groups (broad SMARTS) is 1. The molecule has 2 heterocycles. The van der Waals surface area contributed by atoms with Crippen LogP contribution < -0.4 is 0 Å². The second-order valence-corrected chi connectivity index (χ2v) is 8.19. The van der Waals surface area contributed by atoms with Crippen LogP contribution in [0.2, 0.25) is 0 Å². The van der Waals surface area contributed by atoms with E-state index in [1.807, 2.05) is 0 Å². The van der Waals surface area contributed by atoms with Gasteiger partial charge in [0.05, 0.1) is 19.4 Å². The summed E-state index contributed by atoms with van der Waals surface area (Å²) >= 11 is 0. The van der Waals surface area contributed by atoms with E-state index in [9.17, 15) is 38.4 Å². The molecule has 0 spiro atoms.